The minimum Gasteiger partial charge on any atom is -0.357 e. The molecule has 1 nitrogen and oxygen atoms in total. The van der Waals surface area contributed by atoms with Crippen LogP contribution in [0.1, 0.15) is 35.8 Å². The molecule has 0 spiro atoms. The van der Waals surface area contributed by atoms with E-state index in [0.717, 1.165) is 6.42 Å². The molecule has 1 aromatic carbocycles. The quantitative estimate of drug-likeness (QED) is 0.675. The van der Waals surface area contributed by atoms with Gasteiger partial charge in [-0.05, 0) is 23.1 Å². The van der Waals surface area contributed by atoms with Crippen molar-refractivity contribution in [2.45, 2.75) is 25.6 Å². The van der Waals surface area contributed by atoms with Gasteiger partial charge in [0.05, 0.1) is 0 Å². The molecule has 2 atom stereocenters. The SMILES string of the molecule is C=CC1OC(C=C)c2c(CC)cccc21. The summed E-state index contributed by atoms with van der Waals surface area (Å²) in [4.78, 5) is 0. The van der Waals surface area contributed by atoms with Gasteiger partial charge in [0.25, 0.3) is 0 Å². The maximum atomic E-state index is 5.84. The zero-order chi connectivity index (χ0) is 10.8. The number of rotatable bonds is 3. The van der Waals surface area contributed by atoms with Crippen LogP contribution in [0.15, 0.2) is 43.5 Å². The lowest BCUT2D eigenvalue weighted by Gasteiger charge is -2.09. The van der Waals surface area contributed by atoms with Gasteiger partial charge in [-0.15, -0.1) is 13.2 Å². The predicted molar refractivity (Wildman–Crippen MR) is 62.8 cm³/mol. The van der Waals surface area contributed by atoms with Crippen LogP contribution in [0.4, 0.5) is 0 Å². The third kappa shape index (κ3) is 1.53. The van der Waals surface area contributed by atoms with Gasteiger partial charge in [0.2, 0.25) is 0 Å². The molecule has 78 valence electrons. The lowest BCUT2D eigenvalue weighted by atomic mass is 9.95. The fourth-order valence-electron chi connectivity index (χ4n) is 2.19. The van der Waals surface area contributed by atoms with Crippen molar-refractivity contribution in [3.63, 3.8) is 0 Å². The van der Waals surface area contributed by atoms with E-state index in [1.807, 2.05) is 12.2 Å². The molecule has 0 aliphatic carbocycles. The zero-order valence-electron chi connectivity index (χ0n) is 9.07. The molecule has 15 heavy (non-hydrogen) atoms. The maximum absolute atomic E-state index is 5.84. The fraction of sp³-hybridized carbons (Fsp3) is 0.286. The van der Waals surface area contributed by atoms with E-state index in [9.17, 15) is 0 Å². The second-order valence-corrected chi connectivity index (χ2v) is 3.72. The first-order chi connectivity index (χ1) is 7.31. The van der Waals surface area contributed by atoms with Gasteiger partial charge in [0.15, 0.2) is 0 Å². The average Bonchev–Trinajstić information content (AvgIpc) is 2.66. The highest BCUT2D eigenvalue weighted by atomic mass is 16.5. The van der Waals surface area contributed by atoms with Crippen molar-refractivity contribution >= 4 is 0 Å². The topological polar surface area (TPSA) is 9.23 Å². The molecule has 2 rings (SSSR count). The van der Waals surface area contributed by atoms with E-state index in [1.165, 1.54) is 16.7 Å². The Hall–Kier alpha value is -1.34. The summed E-state index contributed by atoms with van der Waals surface area (Å²) < 4.78 is 5.84. The first kappa shape index (κ1) is 10.2. The van der Waals surface area contributed by atoms with E-state index >= 15 is 0 Å². The Morgan fingerprint density at radius 3 is 2.60 bits per heavy atom. The molecule has 1 aliphatic rings. The molecule has 1 heterocycles. The van der Waals surface area contributed by atoms with E-state index < -0.39 is 0 Å². The van der Waals surface area contributed by atoms with E-state index in [-0.39, 0.29) is 12.2 Å². The van der Waals surface area contributed by atoms with Gasteiger partial charge < -0.3 is 4.74 Å². The minimum absolute atomic E-state index is 0.0227. The van der Waals surface area contributed by atoms with Crippen molar-refractivity contribution < 1.29 is 4.74 Å². The molecule has 0 radical (unpaired) electrons. The summed E-state index contributed by atoms with van der Waals surface area (Å²) in [5.74, 6) is 0. The fourth-order valence-corrected chi connectivity index (χ4v) is 2.19. The number of hydrogen-bond acceptors (Lipinski definition) is 1. The predicted octanol–water partition coefficient (Wildman–Crippen LogP) is 3.73. The lowest BCUT2D eigenvalue weighted by Crippen LogP contribution is -1.96. The highest BCUT2D eigenvalue weighted by Crippen LogP contribution is 2.41. The molecule has 0 bridgehead atoms. The number of hydrogen-bond donors (Lipinski definition) is 0. The molecule has 1 heteroatoms. The van der Waals surface area contributed by atoms with Gasteiger partial charge in [-0.2, -0.15) is 0 Å². The Bertz CT molecular complexity index is 392. The van der Waals surface area contributed by atoms with Gasteiger partial charge in [-0.1, -0.05) is 37.3 Å². The lowest BCUT2D eigenvalue weighted by molar-refractivity contribution is 0.0675. The Morgan fingerprint density at radius 1 is 1.27 bits per heavy atom. The maximum Gasteiger partial charge on any atom is 0.102 e. The highest BCUT2D eigenvalue weighted by molar-refractivity contribution is 5.44. The Morgan fingerprint density at radius 2 is 2.00 bits per heavy atom. The summed E-state index contributed by atoms with van der Waals surface area (Å²) >= 11 is 0. The second kappa shape index (κ2) is 4.03. The van der Waals surface area contributed by atoms with Gasteiger partial charge in [0.1, 0.15) is 12.2 Å². The van der Waals surface area contributed by atoms with E-state index in [0.29, 0.717) is 0 Å². The molecule has 1 aliphatic heterocycles. The molecule has 0 saturated carbocycles. The second-order valence-electron chi connectivity index (χ2n) is 3.72. The molecule has 0 N–H and O–H groups in total. The van der Waals surface area contributed by atoms with Crippen LogP contribution in [-0.4, -0.2) is 0 Å². The average molecular weight is 200 g/mol. The van der Waals surface area contributed by atoms with Crippen LogP contribution < -0.4 is 0 Å². The van der Waals surface area contributed by atoms with Crippen molar-refractivity contribution in [1.82, 2.24) is 0 Å². The first-order valence-corrected chi connectivity index (χ1v) is 5.34. The largest absolute Gasteiger partial charge is 0.357 e. The molecule has 0 aromatic heterocycles. The van der Waals surface area contributed by atoms with Crippen molar-refractivity contribution in [3.05, 3.63) is 60.2 Å². The van der Waals surface area contributed by atoms with Crippen LogP contribution in [0.3, 0.4) is 0 Å². The molecular weight excluding hydrogens is 184 g/mol. The van der Waals surface area contributed by atoms with Crippen LogP contribution in [0.25, 0.3) is 0 Å². The minimum atomic E-state index is 0.0227. The van der Waals surface area contributed by atoms with Crippen molar-refractivity contribution in [2.75, 3.05) is 0 Å². The van der Waals surface area contributed by atoms with E-state index in [4.69, 9.17) is 4.74 Å². The van der Waals surface area contributed by atoms with Crippen molar-refractivity contribution in [2.24, 2.45) is 0 Å². The summed E-state index contributed by atoms with van der Waals surface area (Å²) in [5, 5.41) is 0. The Kier molecular flexibility index (Phi) is 2.74. The third-order valence-electron chi connectivity index (χ3n) is 2.92. The summed E-state index contributed by atoms with van der Waals surface area (Å²) in [6.07, 6.45) is 4.79. The van der Waals surface area contributed by atoms with Crippen LogP contribution in [0, 0.1) is 0 Å². The summed E-state index contributed by atoms with van der Waals surface area (Å²) in [6, 6.07) is 6.36. The number of aryl methyl sites for hydroxylation is 1. The molecule has 1 aromatic rings. The number of benzene rings is 1. The van der Waals surface area contributed by atoms with Crippen molar-refractivity contribution in [1.29, 1.82) is 0 Å². The Balaban J connectivity index is 2.56. The normalized spacial score (nSPS) is 23.5. The van der Waals surface area contributed by atoms with Crippen molar-refractivity contribution in [3.8, 4) is 0 Å². The first-order valence-electron chi connectivity index (χ1n) is 5.34. The number of ether oxygens (including phenoxy) is 1. The monoisotopic (exact) mass is 200 g/mol. The zero-order valence-corrected chi connectivity index (χ0v) is 9.07. The highest BCUT2D eigenvalue weighted by Gasteiger charge is 2.29. The van der Waals surface area contributed by atoms with Gasteiger partial charge >= 0.3 is 0 Å². The van der Waals surface area contributed by atoms with Crippen LogP contribution >= 0.6 is 0 Å². The van der Waals surface area contributed by atoms with Crippen LogP contribution in [-0.2, 0) is 11.2 Å². The Labute approximate surface area is 91.1 Å². The van der Waals surface area contributed by atoms with Gasteiger partial charge in [-0.25, -0.2) is 0 Å². The standard InChI is InChI=1S/C14H16O/c1-4-10-8-7-9-11-12(5-2)15-13(6-3)14(10)11/h5-9,12-13H,2-4H2,1H3. The van der Waals surface area contributed by atoms with Crippen LogP contribution in [0.5, 0.6) is 0 Å². The third-order valence-corrected chi connectivity index (χ3v) is 2.92. The molecule has 0 amide bonds. The summed E-state index contributed by atoms with van der Waals surface area (Å²) in [7, 11) is 0. The number of fused-ring (bicyclic) bond motifs is 1. The molecule has 0 fully saturated rings. The van der Waals surface area contributed by atoms with Gasteiger partial charge in [0, 0.05) is 0 Å². The molecule has 2 unspecified atom stereocenters. The van der Waals surface area contributed by atoms with E-state index in [2.05, 4.69) is 38.3 Å². The van der Waals surface area contributed by atoms with Gasteiger partial charge in [-0.3, -0.25) is 0 Å². The molecular formula is C14H16O. The van der Waals surface area contributed by atoms with E-state index in [1.54, 1.807) is 0 Å². The smallest absolute Gasteiger partial charge is 0.102 e. The summed E-state index contributed by atoms with van der Waals surface area (Å²) in [6.45, 7) is 9.80. The summed E-state index contributed by atoms with van der Waals surface area (Å²) in [5.41, 5.74) is 3.89. The molecule has 0 saturated heterocycles. The van der Waals surface area contributed by atoms with Crippen LogP contribution in [0.2, 0.25) is 0 Å².